The first-order chi connectivity index (χ1) is 16.4. The van der Waals surface area contributed by atoms with Gasteiger partial charge in [-0.1, -0.05) is 48.5 Å². The molecule has 0 unspecified atom stereocenters. The van der Waals surface area contributed by atoms with Gasteiger partial charge in [-0.2, -0.15) is 0 Å². The van der Waals surface area contributed by atoms with Crippen molar-refractivity contribution in [1.82, 2.24) is 10.3 Å². The Morgan fingerprint density at radius 3 is 2.35 bits per heavy atom. The lowest BCUT2D eigenvalue weighted by Gasteiger charge is -2.12. The number of ketones is 2. The molecule has 8 nitrogen and oxygen atoms in total. The van der Waals surface area contributed by atoms with E-state index < -0.39 is 11.7 Å². The monoisotopic (exact) mass is 470 g/mol. The van der Waals surface area contributed by atoms with E-state index in [1.165, 1.54) is 6.92 Å². The number of hydrogen-bond acceptors (Lipinski definition) is 8. The lowest BCUT2D eigenvalue weighted by Crippen LogP contribution is -2.39. The zero-order valence-corrected chi connectivity index (χ0v) is 19.1. The van der Waals surface area contributed by atoms with Crippen molar-refractivity contribution in [1.29, 1.82) is 0 Å². The fraction of sp³-hybridized carbons (Fsp3) is 0.0800. The van der Waals surface area contributed by atoms with Gasteiger partial charge in [-0.25, -0.2) is 4.98 Å². The van der Waals surface area contributed by atoms with Crippen LogP contribution in [-0.4, -0.2) is 21.8 Å². The van der Waals surface area contributed by atoms with Gasteiger partial charge in [0.05, 0.1) is 16.7 Å². The number of pyridine rings is 1. The van der Waals surface area contributed by atoms with Gasteiger partial charge in [0.25, 0.3) is 5.78 Å². The number of carbonyl (C=O) groups excluding carboxylic acids is 2. The molecule has 3 heterocycles. The number of carbonyl (C=O) groups is 2. The number of nitrogens with zero attached hydrogens (tertiary/aromatic N) is 3. The summed E-state index contributed by atoms with van der Waals surface area (Å²) in [4.78, 5) is 31.4. The van der Waals surface area contributed by atoms with E-state index in [2.05, 4.69) is 10.3 Å². The van der Waals surface area contributed by atoms with E-state index in [0.717, 1.165) is 21.6 Å². The number of nitrogen functional groups attached to an aromatic ring is 1. The lowest BCUT2D eigenvalue weighted by atomic mass is 9.93. The van der Waals surface area contributed by atoms with E-state index >= 15 is 0 Å². The Labute approximate surface area is 197 Å². The Morgan fingerprint density at radius 1 is 1.06 bits per heavy atom. The van der Waals surface area contributed by atoms with Crippen LogP contribution >= 0.6 is 11.3 Å². The quantitative estimate of drug-likeness (QED) is 0.307. The highest BCUT2D eigenvalue weighted by Gasteiger charge is 2.33. The van der Waals surface area contributed by atoms with E-state index in [-0.39, 0.29) is 22.0 Å². The molecule has 0 aliphatic carbocycles. The van der Waals surface area contributed by atoms with Crippen molar-refractivity contribution < 1.29 is 23.9 Å². The maximum absolute atomic E-state index is 13.6. The van der Waals surface area contributed by atoms with Crippen LogP contribution in [0.25, 0.3) is 27.0 Å². The molecule has 34 heavy (non-hydrogen) atoms. The van der Waals surface area contributed by atoms with Crippen LogP contribution in [-0.2, 0) is 0 Å². The smallest absolute Gasteiger partial charge is 0.312 e. The van der Waals surface area contributed by atoms with Crippen LogP contribution < -0.4 is 15.5 Å². The Kier molecular flexibility index (Phi) is 5.18. The maximum Gasteiger partial charge on any atom is 0.312 e. The van der Waals surface area contributed by atoms with Crippen LogP contribution in [0, 0.1) is 6.92 Å². The minimum Gasteiger partial charge on any atom is -0.539 e. The average molecular weight is 471 g/mol. The molecule has 5 rings (SSSR count). The third-order valence-electron chi connectivity index (χ3n) is 5.50. The number of hydrogen-bond donors (Lipinski definition) is 1. The molecule has 3 aromatic heterocycles. The number of aryl methyl sites for hydroxylation is 1. The lowest BCUT2D eigenvalue weighted by molar-refractivity contribution is -0.672. The summed E-state index contributed by atoms with van der Waals surface area (Å²) >= 11 is 1.07. The predicted molar refractivity (Wildman–Crippen MR) is 125 cm³/mol. The molecule has 0 atom stereocenters. The molecule has 0 fully saturated rings. The summed E-state index contributed by atoms with van der Waals surface area (Å²) in [6.45, 7) is 3.22. The second-order valence-corrected chi connectivity index (χ2v) is 8.68. The number of para-hydroxylation sites is 1. The standard InChI is InChI=1S/C25H18N4O4S/c1-13-17(14(2)30)18(15-9-5-3-6-10-15)19-20(26)23(34-24(19)27-13)22(31)21-25(32)33-28-29(21)16-11-7-4-8-12-16/h3-12H,1-2H3,(H2-,26,28,31,32). The Hall–Kier alpha value is -4.37. The Balaban J connectivity index is 1.77. The molecule has 0 aliphatic rings. The van der Waals surface area contributed by atoms with Gasteiger partial charge in [-0.15, -0.1) is 11.3 Å². The third kappa shape index (κ3) is 3.34. The first-order valence-corrected chi connectivity index (χ1v) is 11.2. The summed E-state index contributed by atoms with van der Waals surface area (Å²) in [5.41, 5.74) is 9.27. The van der Waals surface area contributed by atoms with Gasteiger partial charge < -0.3 is 15.4 Å². The highest BCUT2D eigenvalue weighted by molar-refractivity contribution is 7.21. The van der Waals surface area contributed by atoms with Crippen molar-refractivity contribution in [3.63, 3.8) is 0 Å². The van der Waals surface area contributed by atoms with Crippen molar-refractivity contribution in [3.05, 3.63) is 82.5 Å². The van der Waals surface area contributed by atoms with E-state index in [1.807, 2.05) is 30.3 Å². The minimum atomic E-state index is -0.873. The fourth-order valence-electron chi connectivity index (χ4n) is 4.05. The molecule has 2 N–H and O–H groups in total. The molecule has 5 aromatic rings. The first-order valence-electron chi connectivity index (χ1n) is 10.4. The number of thiophene rings is 1. The molecule has 0 saturated heterocycles. The highest BCUT2D eigenvalue weighted by atomic mass is 32.1. The molecule has 0 radical (unpaired) electrons. The molecule has 0 aliphatic heterocycles. The molecule has 2 aromatic carbocycles. The Morgan fingerprint density at radius 2 is 1.71 bits per heavy atom. The summed E-state index contributed by atoms with van der Waals surface area (Å²) in [5.74, 6) is -1.66. The number of nitrogens with two attached hydrogens (primary N) is 1. The van der Waals surface area contributed by atoms with Crippen LogP contribution in [0.1, 0.15) is 38.3 Å². The zero-order valence-electron chi connectivity index (χ0n) is 18.2. The largest absolute Gasteiger partial charge is 0.539 e. The molecular formula is C25H18N4O4S. The number of rotatable bonds is 5. The normalized spacial score (nSPS) is 11.1. The van der Waals surface area contributed by atoms with Gasteiger partial charge in [0.15, 0.2) is 11.7 Å². The molecule has 9 heteroatoms. The molecule has 168 valence electrons. The number of fused-ring (bicyclic) bond motifs is 1. The summed E-state index contributed by atoms with van der Waals surface area (Å²) in [7, 11) is 0. The molecule has 0 bridgehead atoms. The van der Waals surface area contributed by atoms with Crippen molar-refractivity contribution in [3.8, 4) is 22.8 Å². The van der Waals surface area contributed by atoms with Gasteiger partial charge in [-0.05, 0) is 24.1 Å². The van der Waals surface area contributed by atoms with E-state index in [4.69, 9.17) is 10.3 Å². The minimum absolute atomic E-state index is 0.129. The summed E-state index contributed by atoms with van der Waals surface area (Å²) in [6, 6.07) is 18.1. The highest BCUT2D eigenvalue weighted by Crippen LogP contribution is 2.43. The van der Waals surface area contributed by atoms with Gasteiger partial charge in [0, 0.05) is 28.6 Å². The third-order valence-corrected chi connectivity index (χ3v) is 6.60. The zero-order chi connectivity index (χ0) is 24.0. The molecule has 0 amide bonds. The van der Waals surface area contributed by atoms with Gasteiger partial charge in [0.2, 0.25) is 5.69 Å². The summed E-state index contributed by atoms with van der Waals surface area (Å²) in [5, 5.41) is 16.7. The molecule has 0 saturated carbocycles. The van der Waals surface area contributed by atoms with E-state index in [9.17, 15) is 14.7 Å². The number of anilines is 1. The van der Waals surface area contributed by atoms with Crippen molar-refractivity contribution >= 4 is 38.8 Å². The number of aromatic nitrogens is 3. The van der Waals surface area contributed by atoms with E-state index in [1.54, 1.807) is 37.3 Å². The topological polar surface area (TPSA) is 126 Å². The van der Waals surface area contributed by atoms with Gasteiger partial charge in [-0.3, -0.25) is 9.59 Å². The van der Waals surface area contributed by atoms with Crippen LogP contribution in [0.2, 0.25) is 0 Å². The van der Waals surface area contributed by atoms with Crippen molar-refractivity contribution in [2.45, 2.75) is 13.8 Å². The predicted octanol–water partition coefficient (Wildman–Crippen LogP) is 3.63. The average Bonchev–Trinajstić information content (AvgIpc) is 3.38. The Bertz CT molecular complexity index is 1570. The van der Waals surface area contributed by atoms with Crippen molar-refractivity contribution in [2.24, 2.45) is 0 Å². The number of Topliss-reactive ketones (excluding diaryl/α,β-unsaturated/α-hetero) is 1. The molecular weight excluding hydrogens is 452 g/mol. The van der Waals surface area contributed by atoms with Gasteiger partial charge in [0.1, 0.15) is 9.71 Å². The van der Waals surface area contributed by atoms with Crippen LogP contribution in [0.3, 0.4) is 0 Å². The van der Waals surface area contributed by atoms with Gasteiger partial charge >= 0.3 is 5.69 Å². The maximum atomic E-state index is 13.6. The van der Waals surface area contributed by atoms with Crippen molar-refractivity contribution in [2.75, 3.05) is 5.73 Å². The number of benzene rings is 2. The first kappa shape index (κ1) is 21.5. The molecule has 0 spiro atoms. The SMILES string of the molecule is CC(=O)c1c(C)nc2sc(C(=O)c3c([O-])on[n+]3-c3ccccc3)c(N)c2c1-c1ccccc1. The fourth-order valence-corrected chi connectivity index (χ4v) is 5.14. The summed E-state index contributed by atoms with van der Waals surface area (Å²) in [6.07, 6.45) is 0. The second kappa shape index (κ2) is 8.20. The van der Waals surface area contributed by atoms with Crippen LogP contribution in [0.4, 0.5) is 5.69 Å². The second-order valence-electron chi connectivity index (χ2n) is 7.68. The van der Waals surface area contributed by atoms with Crippen LogP contribution in [0.15, 0.2) is 65.2 Å². The summed E-state index contributed by atoms with van der Waals surface area (Å²) < 4.78 is 5.97. The van der Waals surface area contributed by atoms with E-state index in [0.29, 0.717) is 32.7 Å². The van der Waals surface area contributed by atoms with Crippen LogP contribution in [0.5, 0.6) is 5.95 Å².